The molecule has 0 saturated carbocycles. The van der Waals surface area contributed by atoms with E-state index in [1.165, 1.54) is 76.9 Å². The molecule has 4 fully saturated rings. The van der Waals surface area contributed by atoms with Crippen LogP contribution in [0.4, 0.5) is 69.2 Å². The summed E-state index contributed by atoms with van der Waals surface area (Å²) in [6.45, 7) is 15.1. The molecule has 8 aromatic carbocycles. The van der Waals surface area contributed by atoms with Gasteiger partial charge in [-0.25, -0.2) is 66.8 Å². The van der Waals surface area contributed by atoms with E-state index in [0.717, 1.165) is 118 Å². The molecule has 0 spiro atoms. The first-order valence-corrected chi connectivity index (χ1v) is 55.4. The summed E-state index contributed by atoms with van der Waals surface area (Å²) in [5.41, 5.74) is 10.6. The number of carbonyl (C=O) groups excluding carboxylic acids is 5. The summed E-state index contributed by atoms with van der Waals surface area (Å²) in [6.07, 6.45) is 12.4. The number of piperazine rings is 4. The lowest BCUT2D eigenvalue weighted by molar-refractivity contribution is -0.137. The smallest absolute Gasteiger partial charge is 0.263 e. The lowest BCUT2D eigenvalue weighted by Gasteiger charge is -2.41. The average Bonchev–Trinajstić information content (AvgIpc) is 1.72. The number of anilines is 10. The molecule has 20 rings (SSSR count). The highest BCUT2D eigenvalue weighted by Crippen LogP contribution is 2.37. The molecule has 0 bridgehead atoms. The van der Waals surface area contributed by atoms with Crippen molar-refractivity contribution in [2.75, 3.05) is 153 Å². The molecule has 14 aromatic rings. The number of amides is 5. The molecular formula is C99H114Cl3F3N22O13S6. The van der Waals surface area contributed by atoms with Crippen LogP contribution in [0.1, 0.15) is 54.7 Å². The quantitative estimate of drug-likeness (QED) is 0.0436. The summed E-state index contributed by atoms with van der Waals surface area (Å²) in [6, 6.07) is 52.7. The third-order valence-electron chi connectivity index (χ3n) is 25.9. The standard InChI is InChI=1S/C27H28ClF2N5O3S.C25H25ClN6O3S.C24H27FN6O3S2.C23H20ClN5O4S2.7H2/c1-18(35-10-2-3-19-15-20(28)4-9-25(19)35)27(36)34-13-11-33(12-14-34)22-5-7-23(8-6-22)39(37,38)32-26-24(30)16-21(29)17-31-26;1-18-15-30(21-4-6-22(7-5-21)36(34,35)29-24-8-10-27-17-28-24)12-13-32(18)25(33)16-31-11-9-19-2-3-20(26)14-23(19)31;1-17(31-10-2-3-18-15-19(25)4-9-22(18)31)23(32)30-13-11-29(12-14-30)20-5-7-21(8-6-20)36(33,34)28-24-27-26-16-35-24;24-17-1-6-20-16(13-17)7-9-27(20)14-21(30)28-10-11-29(22(31)15-28)18-2-4-19(5-3-18)35(32,33)26-23-25-8-12-34-23;;;;;;;/h4-9,15-18H,2-3,10-14H2,1H3,(H,31,32);2-11,14,17-18H,12-13,15-16H2,1H3,(H,27,28,29);4-9,15-17H,2-3,10-14H2,1H3,(H,27,28);1-9,12-13H,10-11,14-15H2,(H,25,26);7*1H/t2*18-;17-;;;;;;;;/m101......../s1. The maximum Gasteiger partial charge on any atom is 0.263 e. The maximum absolute atomic E-state index is 13.9. The molecule has 47 heteroatoms. The van der Waals surface area contributed by atoms with Crippen LogP contribution in [0.25, 0.3) is 21.8 Å². The van der Waals surface area contributed by atoms with Crippen LogP contribution >= 0.6 is 57.5 Å². The molecule has 0 unspecified atom stereocenters. The van der Waals surface area contributed by atoms with Gasteiger partial charge in [0.2, 0.25) is 34.7 Å². The second-order valence-electron chi connectivity index (χ2n) is 35.2. The molecule has 0 aliphatic carbocycles. The number of carbonyl (C=O) groups is 5. The van der Waals surface area contributed by atoms with Crippen LogP contribution in [0.2, 0.25) is 15.1 Å². The number of aromatic nitrogens is 8. The van der Waals surface area contributed by atoms with Crippen LogP contribution in [0.3, 0.4) is 0 Å². The van der Waals surface area contributed by atoms with E-state index in [2.05, 4.69) is 68.8 Å². The number of rotatable bonds is 24. The van der Waals surface area contributed by atoms with Crippen molar-refractivity contribution in [3.63, 3.8) is 0 Å². The Morgan fingerprint density at radius 1 is 0.466 bits per heavy atom. The number of halogens is 6. The fourth-order valence-electron chi connectivity index (χ4n) is 18.3. The van der Waals surface area contributed by atoms with Gasteiger partial charge < -0.3 is 58.1 Å². The predicted octanol–water partition coefficient (Wildman–Crippen LogP) is 16.0. The second kappa shape index (κ2) is 45.1. The van der Waals surface area contributed by atoms with Gasteiger partial charge >= 0.3 is 0 Å². The molecule has 6 aromatic heterocycles. The van der Waals surface area contributed by atoms with Crippen molar-refractivity contribution in [2.24, 2.45) is 0 Å². The van der Waals surface area contributed by atoms with Crippen molar-refractivity contribution in [3.8, 4) is 0 Å². The zero-order valence-corrected chi connectivity index (χ0v) is 86.1. The Labute approximate surface area is 874 Å². The molecule has 0 radical (unpaired) electrons. The Balaban J connectivity index is 0.000000205. The van der Waals surface area contributed by atoms with E-state index in [9.17, 15) is 70.8 Å². The number of sulfonamides is 4. The SMILES string of the molecule is C[C@H](C(=O)N1CCN(c2ccc(S(=O)(=O)Nc3ncc(F)cc3F)cc2)CC1)N1CCCc2cc(Cl)ccc21.C[C@H](C(=O)N1CCN(c2ccc(S(=O)(=O)Nc3nncs3)cc2)CC1)N1CCCc2cc(F)ccc21.C[C@H]1CN(c2ccc(S(=O)(=O)Nc3ccncn3)cc2)CCN1C(=O)Cn1ccc2ccc(Cl)cc21.O=C(Cn1ccc2cc(Cl)ccc21)N1CCN(c2ccc(S(=O)(=O)Nc3nccs3)cc2)C(=O)C1.[HH].[HH].[HH].[HH].[HH].[HH].[HH]. The van der Waals surface area contributed by atoms with E-state index in [-0.39, 0.29) is 119 Å². The van der Waals surface area contributed by atoms with Crippen molar-refractivity contribution in [2.45, 2.75) is 97.3 Å². The third kappa shape index (κ3) is 24.6. The molecule has 35 nitrogen and oxygen atoms in total. The van der Waals surface area contributed by atoms with Gasteiger partial charge in [0.25, 0.3) is 40.1 Å². The van der Waals surface area contributed by atoms with Gasteiger partial charge in [0.1, 0.15) is 61.0 Å². The number of hydrogen-bond acceptors (Lipinski definition) is 26. The molecule has 146 heavy (non-hydrogen) atoms. The van der Waals surface area contributed by atoms with Gasteiger partial charge in [-0.05, 0) is 245 Å². The van der Waals surface area contributed by atoms with Gasteiger partial charge in [-0.2, -0.15) is 0 Å². The molecule has 5 amide bonds. The van der Waals surface area contributed by atoms with E-state index < -0.39 is 57.5 Å². The number of pyridine rings is 1. The minimum absolute atomic E-state index is 0. The maximum atomic E-state index is 13.9. The summed E-state index contributed by atoms with van der Waals surface area (Å²) >= 11 is 20.6. The lowest BCUT2D eigenvalue weighted by Crippen LogP contribution is -2.55. The van der Waals surface area contributed by atoms with E-state index in [4.69, 9.17) is 34.8 Å². The number of benzene rings is 8. The molecule has 4 N–H and O–H groups in total. The van der Waals surface area contributed by atoms with Crippen molar-refractivity contribution < 1.29 is 80.8 Å². The van der Waals surface area contributed by atoms with E-state index in [0.29, 0.717) is 112 Å². The number of nitrogens with one attached hydrogen (secondary N) is 4. The molecule has 776 valence electrons. The number of aryl methyl sites for hydroxylation is 2. The molecule has 6 aliphatic heterocycles. The van der Waals surface area contributed by atoms with E-state index in [1.54, 1.807) is 101 Å². The van der Waals surface area contributed by atoms with Crippen LogP contribution in [0.5, 0.6) is 0 Å². The monoisotopic (exact) mass is 2170 g/mol. The van der Waals surface area contributed by atoms with Crippen molar-refractivity contribution >= 4 is 205 Å². The highest BCUT2D eigenvalue weighted by atomic mass is 35.5. The number of hydrogen-bond donors (Lipinski definition) is 4. The largest absolute Gasteiger partial charge is 0.368 e. The minimum atomic E-state index is -4.12. The molecule has 12 heterocycles. The molecule has 4 saturated heterocycles. The van der Waals surface area contributed by atoms with Crippen molar-refractivity contribution in [1.82, 2.24) is 58.9 Å². The second-order valence-corrected chi connectivity index (χ2v) is 45.0. The fourth-order valence-corrected chi connectivity index (χ4v) is 24.4. The zero-order chi connectivity index (χ0) is 103. The normalized spacial score (nSPS) is 16.1. The van der Waals surface area contributed by atoms with Crippen LogP contribution in [0, 0.1) is 17.5 Å². The zero-order valence-electron chi connectivity index (χ0n) is 79.0. The van der Waals surface area contributed by atoms with Crippen molar-refractivity contribution in [1.29, 1.82) is 0 Å². The van der Waals surface area contributed by atoms with Gasteiger partial charge in [0.15, 0.2) is 16.8 Å². The first-order chi connectivity index (χ1) is 70.0. The summed E-state index contributed by atoms with van der Waals surface area (Å²) in [5.74, 6) is -2.81. The van der Waals surface area contributed by atoms with E-state index in [1.807, 2.05) is 122 Å². The first-order valence-electron chi connectivity index (χ1n) is 46.6. The third-order valence-corrected chi connectivity index (χ3v) is 33.6. The fraction of sp³-hybridized carbons (Fsp3) is 0.283. The molecule has 3 atom stereocenters. The van der Waals surface area contributed by atoms with Crippen LogP contribution in [-0.4, -0.2) is 245 Å². The lowest BCUT2D eigenvalue weighted by atomic mass is 9.99. The average molecular weight is 2180 g/mol. The summed E-state index contributed by atoms with van der Waals surface area (Å²) < 4.78 is 154. The first kappa shape index (κ1) is 104. The number of nitrogens with zero attached hydrogens (tertiary/aromatic N) is 18. The Kier molecular flexibility index (Phi) is 32.0. The number of thiazole rings is 1. The van der Waals surface area contributed by atoms with Gasteiger partial charge in [-0.15, -0.1) is 21.5 Å². The van der Waals surface area contributed by atoms with Gasteiger partial charge in [-0.1, -0.05) is 52.2 Å². The predicted molar refractivity (Wildman–Crippen MR) is 574 cm³/mol. The van der Waals surface area contributed by atoms with Crippen LogP contribution in [-0.2, 0) is 90.0 Å². The van der Waals surface area contributed by atoms with Gasteiger partial charge in [0.05, 0.1) is 25.8 Å². The molecular weight excluding hydrogens is 2060 g/mol. The van der Waals surface area contributed by atoms with E-state index >= 15 is 0 Å². The Morgan fingerprint density at radius 3 is 1.53 bits per heavy atom. The highest BCUT2D eigenvalue weighted by molar-refractivity contribution is 7.93. The van der Waals surface area contributed by atoms with Crippen LogP contribution in [0.15, 0.2) is 262 Å². The van der Waals surface area contributed by atoms with Gasteiger partial charge in [-0.3, -0.25) is 42.9 Å². The van der Waals surface area contributed by atoms with Gasteiger partial charge in [0, 0.05) is 216 Å². The topological polar surface area (TPSA) is 390 Å². The Hall–Kier alpha value is -13.7. The summed E-state index contributed by atoms with van der Waals surface area (Å²) in [5, 5.41) is 13.5. The Bertz CT molecular complexity index is 7630. The van der Waals surface area contributed by atoms with Crippen LogP contribution < -0.4 is 48.3 Å². The summed E-state index contributed by atoms with van der Waals surface area (Å²) in [4.78, 5) is 100. The number of fused-ring (bicyclic) bond motifs is 4. The van der Waals surface area contributed by atoms with Crippen molar-refractivity contribution in [3.05, 3.63) is 286 Å². The Morgan fingerprint density at radius 2 is 0.973 bits per heavy atom. The highest BCUT2D eigenvalue weighted by Gasteiger charge is 2.37. The molecule has 6 aliphatic rings. The summed E-state index contributed by atoms with van der Waals surface area (Å²) in [7, 11) is -15.4. The minimum Gasteiger partial charge on any atom is -0.368 e.